The summed E-state index contributed by atoms with van der Waals surface area (Å²) < 4.78 is 0. The molecule has 2 N–H and O–H groups in total. The minimum absolute atomic E-state index is 0.0741. The quantitative estimate of drug-likeness (QED) is 0.417. The molecule has 2 amide bonds. The predicted octanol–water partition coefficient (Wildman–Crippen LogP) is 4.42. The number of anilines is 1. The zero-order valence-corrected chi connectivity index (χ0v) is 15.4. The first-order valence-electron chi connectivity index (χ1n) is 8.38. The molecule has 0 fully saturated rings. The molecule has 0 saturated carbocycles. The molecule has 132 valence electrons. The summed E-state index contributed by atoms with van der Waals surface area (Å²) in [6.07, 6.45) is 3.49. The van der Waals surface area contributed by atoms with Gasteiger partial charge in [-0.2, -0.15) is 5.10 Å². The van der Waals surface area contributed by atoms with Gasteiger partial charge in [0, 0.05) is 12.1 Å². The van der Waals surface area contributed by atoms with Crippen molar-refractivity contribution in [2.45, 2.75) is 39.5 Å². The molecule has 0 bridgehead atoms. The van der Waals surface area contributed by atoms with E-state index in [-0.39, 0.29) is 11.8 Å². The summed E-state index contributed by atoms with van der Waals surface area (Å²) in [4.78, 5) is 24.5. The fraction of sp³-hybridized carbons (Fsp3) is 0.316. The highest BCUT2D eigenvalue weighted by Gasteiger charge is 2.08. The van der Waals surface area contributed by atoms with Crippen molar-refractivity contribution in [2.75, 3.05) is 5.32 Å². The molecule has 0 atom stereocenters. The van der Waals surface area contributed by atoms with Gasteiger partial charge >= 0.3 is 0 Å². The number of benzene rings is 1. The lowest BCUT2D eigenvalue weighted by Crippen LogP contribution is -2.18. The fourth-order valence-electron chi connectivity index (χ4n) is 2.22. The third-order valence-electron chi connectivity index (χ3n) is 3.64. The van der Waals surface area contributed by atoms with Crippen molar-refractivity contribution in [2.24, 2.45) is 5.10 Å². The van der Waals surface area contributed by atoms with Crippen molar-refractivity contribution in [3.05, 3.63) is 52.2 Å². The second-order valence-electron chi connectivity index (χ2n) is 5.70. The maximum absolute atomic E-state index is 12.1. The molecule has 0 unspecified atom stereocenters. The van der Waals surface area contributed by atoms with Crippen molar-refractivity contribution in [1.29, 1.82) is 0 Å². The van der Waals surface area contributed by atoms with Crippen LogP contribution in [0.2, 0.25) is 0 Å². The number of hydrazone groups is 1. The van der Waals surface area contributed by atoms with E-state index < -0.39 is 0 Å². The van der Waals surface area contributed by atoms with Crippen LogP contribution in [0.5, 0.6) is 0 Å². The Kier molecular flexibility index (Phi) is 7.35. The van der Waals surface area contributed by atoms with Crippen LogP contribution < -0.4 is 10.7 Å². The number of unbranched alkanes of at least 4 members (excludes halogenated alkanes) is 2. The molecule has 1 heterocycles. The second kappa shape index (κ2) is 9.74. The van der Waals surface area contributed by atoms with Gasteiger partial charge in [-0.3, -0.25) is 9.59 Å². The van der Waals surface area contributed by atoms with Crippen LogP contribution in [0.15, 0.2) is 46.9 Å². The van der Waals surface area contributed by atoms with Crippen molar-refractivity contribution in [3.63, 3.8) is 0 Å². The van der Waals surface area contributed by atoms with Gasteiger partial charge < -0.3 is 5.32 Å². The standard InChI is InChI=1S/C19H23N3O2S/c1-3-4-5-11-18(23)22-21-14(2)15-8-6-9-16(13-15)20-19(24)17-10-7-12-25-17/h6-10,12-13H,3-5,11H2,1-2H3,(H,20,24)(H,22,23). The van der Waals surface area contributed by atoms with Gasteiger partial charge in [-0.15, -0.1) is 11.3 Å². The van der Waals surface area contributed by atoms with E-state index in [1.165, 1.54) is 11.3 Å². The van der Waals surface area contributed by atoms with Crippen molar-refractivity contribution in [1.82, 2.24) is 5.43 Å². The lowest BCUT2D eigenvalue weighted by Gasteiger charge is -2.07. The smallest absolute Gasteiger partial charge is 0.265 e. The molecule has 0 aliphatic carbocycles. The molecule has 6 heteroatoms. The van der Waals surface area contributed by atoms with Crippen LogP contribution >= 0.6 is 11.3 Å². The Hall–Kier alpha value is -2.47. The Balaban J connectivity index is 1.96. The lowest BCUT2D eigenvalue weighted by atomic mass is 10.1. The van der Waals surface area contributed by atoms with E-state index in [0.717, 1.165) is 24.8 Å². The first-order valence-corrected chi connectivity index (χ1v) is 9.26. The SMILES string of the molecule is CCCCCC(=O)NN=C(C)c1cccc(NC(=O)c2cccs2)c1. The third-order valence-corrected chi connectivity index (χ3v) is 4.51. The second-order valence-corrected chi connectivity index (χ2v) is 6.65. The predicted molar refractivity (Wildman–Crippen MR) is 103 cm³/mol. The number of nitrogens with zero attached hydrogens (tertiary/aromatic N) is 1. The Bertz CT molecular complexity index is 739. The van der Waals surface area contributed by atoms with Crippen LogP contribution in [0, 0.1) is 0 Å². The minimum Gasteiger partial charge on any atom is -0.321 e. The largest absolute Gasteiger partial charge is 0.321 e. The number of amides is 2. The number of carbonyl (C=O) groups excluding carboxylic acids is 2. The molecule has 2 aromatic rings. The summed E-state index contributed by atoms with van der Waals surface area (Å²) in [7, 11) is 0. The summed E-state index contributed by atoms with van der Waals surface area (Å²) >= 11 is 1.40. The molecule has 0 radical (unpaired) electrons. The highest BCUT2D eigenvalue weighted by Crippen LogP contribution is 2.15. The summed E-state index contributed by atoms with van der Waals surface area (Å²) in [5, 5.41) is 8.88. The van der Waals surface area contributed by atoms with Crippen molar-refractivity contribution in [3.8, 4) is 0 Å². The van der Waals surface area contributed by atoms with E-state index in [2.05, 4.69) is 22.8 Å². The van der Waals surface area contributed by atoms with Gasteiger partial charge in [0.25, 0.3) is 5.91 Å². The summed E-state index contributed by atoms with van der Waals surface area (Å²) in [6, 6.07) is 11.0. The molecule has 5 nitrogen and oxygen atoms in total. The van der Waals surface area contributed by atoms with Crippen LogP contribution in [0.4, 0.5) is 5.69 Å². The van der Waals surface area contributed by atoms with Crippen LogP contribution in [-0.2, 0) is 4.79 Å². The Morgan fingerprint density at radius 1 is 1.16 bits per heavy atom. The maximum atomic E-state index is 12.1. The molecule has 0 aliphatic rings. The van der Waals surface area contributed by atoms with Gasteiger partial charge in [-0.1, -0.05) is 38.0 Å². The van der Waals surface area contributed by atoms with Gasteiger partial charge in [0.1, 0.15) is 0 Å². The van der Waals surface area contributed by atoms with E-state index in [1.54, 1.807) is 6.07 Å². The van der Waals surface area contributed by atoms with Crippen molar-refractivity contribution >= 4 is 34.6 Å². The number of hydrogen-bond donors (Lipinski definition) is 2. The number of thiophene rings is 1. The van der Waals surface area contributed by atoms with Crippen molar-refractivity contribution < 1.29 is 9.59 Å². The zero-order chi connectivity index (χ0) is 18.1. The zero-order valence-electron chi connectivity index (χ0n) is 14.5. The van der Waals surface area contributed by atoms with E-state index in [1.807, 2.05) is 42.6 Å². The molecule has 0 aliphatic heterocycles. The third kappa shape index (κ3) is 6.15. The minimum atomic E-state index is -0.133. The number of rotatable bonds is 8. The van der Waals surface area contributed by atoms with Crippen LogP contribution in [0.25, 0.3) is 0 Å². The molecular formula is C19H23N3O2S. The molecule has 2 rings (SSSR count). The summed E-state index contributed by atoms with van der Waals surface area (Å²) in [5.74, 6) is -0.207. The lowest BCUT2D eigenvalue weighted by molar-refractivity contribution is -0.121. The maximum Gasteiger partial charge on any atom is 0.265 e. The average Bonchev–Trinajstić information content (AvgIpc) is 3.15. The monoisotopic (exact) mass is 357 g/mol. The molecule has 0 spiro atoms. The first kappa shape index (κ1) is 18.9. The van der Waals surface area contributed by atoms with Crippen LogP contribution in [0.1, 0.15) is 54.8 Å². The Morgan fingerprint density at radius 2 is 2.00 bits per heavy atom. The van der Waals surface area contributed by atoms with Gasteiger partial charge in [-0.05, 0) is 42.5 Å². The Labute approximate surface area is 152 Å². The Morgan fingerprint density at radius 3 is 2.72 bits per heavy atom. The number of carbonyl (C=O) groups is 2. The van der Waals surface area contributed by atoms with Gasteiger partial charge in [0.2, 0.25) is 5.91 Å². The topological polar surface area (TPSA) is 70.6 Å². The number of nitrogens with one attached hydrogen (secondary N) is 2. The molecule has 1 aromatic heterocycles. The first-order chi connectivity index (χ1) is 12.1. The average molecular weight is 357 g/mol. The van der Waals surface area contributed by atoms with Crippen LogP contribution in [-0.4, -0.2) is 17.5 Å². The van der Waals surface area contributed by atoms with Crippen LogP contribution in [0.3, 0.4) is 0 Å². The van der Waals surface area contributed by atoms with Gasteiger partial charge in [0.05, 0.1) is 10.6 Å². The summed E-state index contributed by atoms with van der Waals surface area (Å²) in [6.45, 7) is 3.93. The van der Waals surface area contributed by atoms with Gasteiger partial charge in [0.15, 0.2) is 0 Å². The van der Waals surface area contributed by atoms with E-state index in [0.29, 0.717) is 22.7 Å². The molecule has 1 aromatic carbocycles. The van der Waals surface area contributed by atoms with Gasteiger partial charge in [-0.25, -0.2) is 5.43 Å². The summed E-state index contributed by atoms with van der Waals surface area (Å²) in [5.41, 5.74) is 4.82. The normalized spacial score (nSPS) is 11.2. The molecule has 25 heavy (non-hydrogen) atoms. The fourth-order valence-corrected chi connectivity index (χ4v) is 2.84. The molecular weight excluding hydrogens is 334 g/mol. The number of hydrogen-bond acceptors (Lipinski definition) is 4. The highest BCUT2D eigenvalue weighted by molar-refractivity contribution is 7.12. The molecule has 0 saturated heterocycles. The van der Waals surface area contributed by atoms with E-state index >= 15 is 0 Å². The van der Waals surface area contributed by atoms with E-state index in [4.69, 9.17) is 0 Å². The van der Waals surface area contributed by atoms with E-state index in [9.17, 15) is 9.59 Å². The highest BCUT2D eigenvalue weighted by atomic mass is 32.1.